The van der Waals surface area contributed by atoms with Crippen molar-refractivity contribution < 1.29 is 9.15 Å². The molecule has 0 spiro atoms. The molecule has 1 saturated carbocycles. The Kier molecular flexibility index (Phi) is 4.46. The summed E-state index contributed by atoms with van der Waals surface area (Å²) in [4.78, 5) is 0. The van der Waals surface area contributed by atoms with Crippen molar-refractivity contribution in [3.63, 3.8) is 0 Å². The molecule has 0 aliphatic heterocycles. The summed E-state index contributed by atoms with van der Waals surface area (Å²) in [7, 11) is 1.62. The molecule has 112 valence electrons. The molecule has 1 aromatic heterocycles. The zero-order chi connectivity index (χ0) is 14.8. The van der Waals surface area contributed by atoms with Crippen molar-refractivity contribution in [2.24, 2.45) is 0 Å². The van der Waals surface area contributed by atoms with Gasteiger partial charge in [0.25, 0.3) is 0 Å². The van der Waals surface area contributed by atoms with Crippen LogP contribution in [0.2, 0.25) is 0 Å². The average Bonchev–Trinajstić information content (AvgIpc) is 3.19. The van der Waals surface area contributed by atoms with Crippen LogP contribution in [0.15, 0.2) is 25.5 Å². The molecule has 2 aromatic rings. The van der Waals surface area contributed by atoms with Gasteiger partial charge in [-0.05, 0) is 50.8 Å². The molecule has 1 heterocycles. The van der Waals surface area contributed by atoms with E-state index in [2.05, 4.69) is 52.7 Å². The van der Waals surface area contributed by atoms with Crippen LogP contribution in [0.25, 0.3) is 0 Å². The maximum atomic E-state index is 5.56. The van der Waals surface area contributed by atoms with Crippen molar-refractivity contribution in [3.8, 4) is 5.75 Å². The van der Waals surface area contributed by atoms with Gasteiger partial charge in [-0.1, -0.05) is 5.10 Å². The number of nitrogens with zero attached hydrogens (tertiary/aromatic N) is 2. The number of halogens is 2. The number of ether oxygens (including phenoxy) is 1. The Balaban J connectivity index is 1.70. The molecule has 1 aliphatic rings. The lowest BCUT2D eigenvalue weighted by Crippen LogP contribution is -2.15. The van der Waals surface area contributed by atoms with Crippen LogP contribution in [0.1, 0.15) is 18.7 Å². The predicted octanol–water partition coefficient (Wildman–Crippen LogP) is 3.60. The number of methoxy groups -OCH3 is 1. The van der Waals surface area contributed by atoms with Crippen LogP contribution >= 0.6 is 31.9 Å². The van der Waals surface area contributed by atoms with Crippen molar-refractivity contribution >= 4 is 43.6 Å². The summed E-state index contributed by atoms with van der Waals surface area (Å²) in [6, 6.07) is 4.71. The third-order valence-electron chi connectivity index (χ3n) is 3.07. The Bertz CT molecular complexity index is 643. The van der Waals surface area contributed by atoms with Crippen LogP contribution in [-0.2, 0) is 6.54 Å². The van der Waals surface area contributed by atoms with Crippen LogP contribution < -0.4 is 15.4 Å². The first kappa shape index (κ1) is 14.8. The van der Waals surface area contributed by atoms with Gasteiger partial charge in [-0.15, -0.1) is 5.10 Å². The Morgan fingerprint density at radius 1 is 1.29 bits per heavy atom. The highest BCUT2D eigenvalue weighted by atomic mass is 79.9. The smallest absolute Gasteiger partial charge is 0.320 e. The first-order valence-corrected chi connectivity index (χ1v) is 8.10. The van der Waals surface area contributed by atoms with Crippen LogP contribution in [0.3, 0.4) is 0 Å². The van der Waals surface area contributed by atoms with Crippen molar-refractivity contribution in [1.29, 1.82) is 0 Å². The van der Waals surface area contributed by atoms with E-state index in [4.69, 9.17) is 9.15 Å². The van der Waals surface area contributed by atoms with Gasteiger partial charge < -0.3 is 19.8 Å². The molecule has 0 bridgehead atoms. The fourth-order valence-corrected chi connectivity index (χ4v) is 3.05. The zero-order valence-electron chi connectivity index (χ0n) is 11.3. The molecule has 8 heteroatoms. The molecule has 0 amide bonds. The predicted molar refractivity (Wildman–Crippen MR) is 85.8 cm³/mol. The maximum absolute atomic E-state index is 5.56. The standard InChI is InChI=1S/C13H14Br2N4O2/c1-20-11-5-10(8(14)4-9(11)15)17-13-19-18-12(21-13)6-16-7-2-3-7/h4-5,7,16H,2-3,6H2,1H3,(H,17,19). The summed E-state index contributed by atoms with van der Waals surface area (Å²) in [5, 5.41) is 14.4. The lowest BCUT2D eigenvalue weighted by atomic mass is 10.3. The first-order chi connectivity index (χ1) is 10.2. The van der Waals surface area contributed by atoms with Gasteiger partial charge in [-0.3, -0.25) is 0 Å². The summed E-state index contributed by atoms with van der Waals surface area (Å²) in [6.07, 6.45) is 2.45. The van der Waals surface area contributed by atoms with Gasteiger partial charge in [-0.2, -0.15) is 0 Å². The third kappa shape index (κ3) is 3.75. The Morgan fingerprint density at radius 3 is 2.81 bits per heavy atom. The van der Waals surface area contributed by atoms with Gasteiger partial charge >= 0.3 is 6.01 Å². The van der Waals surface area contributed by atoms with E-state index in [1.54, 1.807) is 7.11 Å². The van der Waals surface area contributed by atoms with E-state index >= 15 is 0 Å². The summed E-state index contributed by atoms with van der Waals surface area (Å²) in [5.41, 5.74) is 0.792. The van der Waals surface area contributed by atoms with Crippen molar-refractivity contribution in [2.45, 2.75) is 25.4 Å². The number of nitrogens with one attached hydrogen (secondary N) is 2. The molecule has 2 N–H and O–H groups in total. The van der Waals surface area contributed by atoms with Crippen LogP contribution in [0.4, 0.5) is 11.7 Å². The molecule has 0 unspecified atom stereocenters. The minimum atomic E-state index is 0.354. The number of rotatable bonds is 6. The summed E-state index contributed by atoms with van der Waals surface area (Å²) < 4.78 is 12.6. The SMILES string of the molecule is COc1cc(Nc2nnc(CNC3CC3)o2)c(Br)cc1Br. The number of hydrogen-bond donors (Lipinski definition) is 2. The van der Waals surface area contributed by atoms with Crippen LogP contribution in [0, 0.1) is 0 Å². The molecule has 0 saturated heterocycles. The highest BCUT2D eigenvalue weighted by Gasteiger charge is 2.21. The molecular formula is C13H14Br2N4O2. The van der Waals surface area contributed by atoms with Crippen LogP contribution in [-0.4, -0.2) is 23.3 Å². The van der Waals surface area contributed by atoms with Gasteiger partial charge in [0.05, 0.1) is 23.8 Å². The second-order valence-electron chi connectivity index (χ2n) is 4.75. The molecular weight excluding hydrogens is 404 g/mol. The molecule has 0 radical (unpaired) electrons. The second kappa shape index (κ2) is 6.33. The van der Waals surface area contributed by atoms with E-state index in [-0.39, 0.29) is 0 Å². The van der Waals surface area contributed by atoms with Gasteiger partial charge in [0.2, 0.25) is 5.89 Å². The molecule has 1 fully saturated rings. The summed E-state index contributed by atoms with van der Waals surface area (Å²) in [6.45, 7) is 0.601. The maximum Gasteiger partial charge on any atom is 0.320 e. The number of hydrogen-bond acceptors (Lipinski definition) is 6. The largest absolute Gasteiger partial charge is 0.495 e. The zero-order valence-corrected chi connectivity index (χ0v) is 14.5. The summed E-state index contributed by atoms with van der Waals surface area (Å²) >= 11 is 6.91. The summed E-state index contributed by atoms with van der Waals surface area (Å²) in [5.74, 6) is 1.29. The van der Waals surface area contributed by atoms with E-state index in [9.17, 15) is 0 Å². The van der Waals surface area contributed by atoms with E-state index in [0.29, 0.717) is 24.5 Å². The Hall–Kier alpha value is -1.12. The quantitative estimate of drug-likeness (QED) is 0.748. The van der Waals surface area contributed by atoms with Crippen molar-refractivity contribution in [1.82, 2.24) is 15.5 Å². The third-order valence-corrected chi connectivity index (χ3v) is 4.35. The minimum Gasteiger partial charge on any atom is -0.495 e. The molecule has 21 heavy (non-hydrogen) atoms. The lowest BCUT2D eigenvalue weighted by molar-refractivity contribution is 0.412. The second-order valence-corrected chi connectivity index (χ2v) is 6.46. The topological polar surface area (TPSA) is 72.2 Å². The number of aromatic nitrogens is 2. The molecule has 1 aromatic carbocycles. The fourth-order valence-electron chi connectivity index (χ4n) is 1.79. The van der Waals surface area contributed by atoms with E-state index in [1.807, 2.05) is 12.1 Å². The molecule has 6 nitrogen and oxygen atoms in total. The first-order valence-electron chi connectivity index (χ1n) is 6.51. The van der Waals surface area contributed by atoms with Crippen molar-refractivity contribution in [2.75, 3.05) is 12.4 Å². The molecule has 3 rings (SSSR count). The van der Waals surface area contributed by atoms with E-state index in [1.165, 1.54) is 12.8 Å². The van der Waals surface area contributed by atoms with Crippen molar-refractivity contribution in [3.05, 3.63) is 27.0 Å². The number of anilines is 2. The highest BCUT2D eigenvalue weighted by Crippen LogP contribution is 2.35. The Labute approximate surface area is 138 Å². The van der Waals surface area contributed by atoms with Gasteiger partial charge in [0.15, 0.2) is 0 Å². The van der Waals surface area contributed by atoms with Gasteiger partial charge in [0, 0.05) is 16.6 Å². The monoisotopic (exact) mass is 416 g/mol. The number of benzene rings is 1. The molecule has 1 aliphatic carbocycles. The normalized spacial score (nSPS) is 14.2. The average molecular weight is 418 g/mol. The highest BCUT2D eigenvalue weighted by molar-refractivity contribution is 9.11. The van der Waals surface area contributed by atoms with E-state index in [0.717, 1.165) is 20.4 Å². The molecule has 0 atom stereocenters. The minimum absolute atomic E-state index is 0.354. The van der Waals surface area contributed by atoms with Crippen LogP contribution in [0.5, 0.6) is 5.75 Å². The van der Waals surface area contributed by atoms with Gasteiger partial charge in [-0.25, -0.2) is 0 Å². The fraction of sp³-hybridized carbons (Fsp3) is 0.385. The van der Waals surface area contributed by atoms with E-state index < -0.39 is 0 Å². The van der Waals surface area contributed by atoms with Gasteiger partial charge in [0.1, 0.15) is 5.75 Å². The Morgan fingerprint density at radius 2 is 2.10 bits per heavy atom. The lowest BCUT2D eigenvalue weighted by Gasteiger charge is -2.09.